The van der Waals surface area contributed by atoms with Gasteiger partial charge in [-0.15, -0.1) is 0 Å². The maximum absolute atomic E-state index is 13.3. The number of anilines is 1. The first-order valence-electron chi connectivity index (χ1n) is 11.1. The standard InChI is InChI=1S/C27H25ClN4O3/c1-16-8-7-11-22(17(16)2)30-25(33)24-15-20-14-21(28)12-13-23(20)32(24)31-27(35)26(34)29-18(3)19-9-5-4-6-10-19/h4-15,18H,1-3H3,(H,29,34)(H,30,33)(H,31,35)/t18-/m0/s1. The van der Waals surface area contributed by atoms with Crippen molar-refractivity contribution >= 4 is 45.9 Å². The van der Waals surface area contributed by atoms with Gasteiger partial charge in [-0.1, -0.05) is 54.1 Å². The third-order valence-electron chi connectivity index (χ3n) is 5.92. The van der Waals surface area contributed by atoms with Crippen LogP contribution in [0.25, 0.3) is 10.9 Å². The molecule has 178 valence electrons. The first kappa shape index (κ1) is 24.0. The Balaban J connectivity index is 1.61. The smallest absolute Gasteiger partial charge is 0.328 e. The number of amides is 3. The van der Waals surface area contributed by atoms with Crippen LogP contribution in [0.15, 0.2) is 72.8 Å². The molecule has 3 amide bonds. The van der Waals surface area contributed by atoms with Crippen LogP contribution in [0.1, 0.15) is 40.1 Å². The van der Waals surface area contributed by atoms with Gasteiger partial charge >= 0.3 is 11.8 Å². The highest BCUT2D eigenvalue weighted by molar-refractivity contribution is 6.38. The molecule has 1 heterocycles. The molecule has 3 N–H and O–H groups in total. The summed E-state index contributed by atoms with van der Waals surface area (Å²) < 4.78 is 1.31. The third-order valence-corrected chi connectivity index (χ3v) is 6.15. The molecule has 0 saturated heterocycles. The molecule has 0 aliphatic carbocycles. The number of carbonyl (C=O) groups excluding carboxylic acids is 3. The predicted octanol–water partition coefficient (Wildman–Crippen LogP) is 5.11. The highest BCUT2D eigenvalue weighted by Crippen LogP contribution is 2.25. The molecule has 0 fully saturated rings. The topological polar surface area (TPSA) is 92.2 Å². The van der Waals surface area contributed by atoms with E-state index in [2.05, 4.69) is 16.1 Å². The lowest BCUT2D eigenvalue weighted by Crippen LogP contribution is -2.40. The van der Waals surface area contributed by atoms with Crippen LogP contribution in [0.2, 0.25) is 5.02 Å². The molecule has 1 aromatic heterocycles. The molecular formula is C27H25ClN4O3. The number of hydrogen-bond donors (Lipinski definition) is 3. The van der Waals surface area contributed by atoms with Gasteiger partial charge in [0.2, 0.25) is 0 Å². The fourth-order valence-electron chi connectivity index (χ4n) is 3.79. The van der Waals surface area contributed by atoms with Gasteiger partial charge in [-0.2, -0.15) is 0 Å². The average molecular weight is 489 g/mol. The molecule has 0 saturated carbocycles. The molecule has 3 aromatic carbocycles. The van der Waals surface area contributed by atoms with Crippen molar-refractivity contribution in [3.05, 3.63) is 100 Å². The van der Waals surface area contributed by atoms with Gasteiger partial charge < -0.3 is 10.6 Å². The summed E-state index contributed by atoms with van der Waals surface area (Å²) in [5.41, 5.74) is 6.73. The van der Waals surface area contributed by atoms with Crippen molar-refractivity contribution in [2.24, 2.45) is 0 Å². The largest absolute Gasteiger partial charge is 0.341 e. The summed E-state index contributed by atoms with van der Waals surface area (Å²) >= 11 is 6.14. The minimum Gasteiger partial charge on any atom is -0.341 e. The van der Waals surface area contributed by atoms with Crippen LogP contribution in [0, 0.1) is 13.8 Å². The van der Waals surface area contributed by atoms with E-state index in [9.17, 15) is 14.4 Å². The first-order chi connectivity index (χ1) is 16.7. The summed E-state index contributed by atoms with van der Waals surface area (Å²) in [5, 5.41) is 6.70. The number of halogens is 1. The Labute approximate surface area is 208 Å². The average Bonchev–Trinajstić information content (AvgIpc) is 3.19. The SMILES string of the molecule is Cc1cccc(NC(=O)c2cc3cc(Cl)ccc3n2NC(=O)C(=O)N[C@@H](C)c2ccccc2)c1C. The van der Waals surface area contributed by atoms with E-state index in [4.69, 9.17) is 11.6 Å². The monoisotopic (exact) mass is 488 g/mol. The zero-order chi connectivity index (χ0) is 25.1. The van der Waals surface area contributed by atoms with E-state index in [1.54, 1.807) is 37.3 Å². The Morgan fingerprint density at radius 3 is 2.37 bits per heavy atom. The lowest BCUT2D eigenvalue weighted by atomic mass is 10.1. The van der Waals surface area contributed by atoms with Crippen LogP contribution in [0.5, 0.6) is 0 Å². The molecule has 7 nitrogen and oxygen atoms in total. The highest BCUT2D eigenvalue weighted by Gasteiger charge is 2.22. The van der Waals surface area contributed by atoms with Gasteiger partial charge in [0.15, 0.2) is 0 Å². The van der Waals surface area contributed by atoms with Crippen molar-refractivity contribution in [2.75, 3.05) is 10.7 Å². The lowest BCUT2D eigenvalue weighted by Gasteiger charge is -2.16. The van der Waals surface area contributed by atoms with Gasteiger partial charge in [-0.3, -0.25) is 19.8 Å². The van der Waals surface area contributed by atoms with Gasteiger partial charge in [0.05, 0.1) is 11.6 Å². The Hall–Kier alpha value is -4.10. The molecule has 0 aliphatic heterocycles. The van der Waals surface area contributed by atoms with Crippen molar-refractivity contribution < 1.29 is 14.4 Å². The Morgan fingerprint density at radius 1 is 0.886 bits per heavy atom. The summed E-state index contributed by atoms with van der Waals surface area (Å²) in [5.74, 6) is -2.16. The highest BCUT2D eigenvalue weighted by atomic mass is 35.5. The normalized spacial score (nSPS) is 11.7. The van der Waals surface area contributed by atoms with Crippen molar-refractivity contribution in [1.82, 2.24) is 9.99 Å². The minimum absolute atomic E-state index is 0.153. The van der Waals surface area contributed by atoms with Crippen LogP contribution in [0.4, 0.5) is 5.69 Å². The molecule has 4 rings (SSSR count). The molecule has 0 radical (unpaired) electrons. The second-order valence-electron chi connectivity index (χ2n) is 8.32. The Morgan fingerprint density at radius 2 is 1.63 bits per heavy atom. The molecule has 35 heavy (non-hydrogen) atoms. The lowest BCUT2D eigenvalue weighted by molar-refractivity contribution is -0.137. The second-order valence-corrected chi connectivity index (χ2v) is 8.75. The molecule has 0 unspecified atom stereocenters. The number of nitrogens with zero attached hydrogens (tertiary/aromatic N) is 1. The van der Waals surface area contributed by atoms with E-state index in [-0.39, 0.29) is 11.7 Å². The van der Waals surface area contributed by atoms with E-state index < -0.39 is 17.7 Å². The van der Waals surface area contributed by atoms with Gasteiger partial charge in [-0.25, -0.2) is 4.68 Å². The van der Waals surface area contributed by atoms with E-state index in [1.807, 2.05) is 56.3 Å². The molecule has 0 bridgehead atoms. The maximum Gasteiger partial charge on any atom is 0.328 e. The molecule has 4 aromatic rings. The summed E-state index contributed by atoms with van der Waals surface area (Å²) in [7, 11) is 0. The molecule has 0 spiro atoms. The number of fused-ring (bicyclic) bond motifs is 1. The molecule has 0 aliphatic rings. The molecular weight excluding hydrogens is 464 g/mol. The maximum atomic E-state index is 13.3. The zero-order valence-electron chi connectivity index (χ0n) is 19.6. The van der Waals surface area contributed by atoms with Gasteiger partial charge in [0.1, 0.15) is 5.69 Å². The second kappa shape index (κ2) is 10.0. The quantitative estimate of drug-likeness (QED) is 0.341. The van der Waals surface area contributed by atoms with Crippen LogP contribution < -0.4 is 16.1 Å². The van der Waals surface area contributed by atoms with Gasteiger partial charge in [0.25, 0.3) is 5.91 Å². The summed E-state index contributed by atoms with van der Waals surface area (Å²) in [4.78, 5) is 38.7. The van der Waals surface area contributed by atoms with Crippen molar-refractivity contribution in [3.8, 4) is 0 Å². The number of hydrogen-bond acceptors (Lipinski definition) is 3. The summed E-state index contributed by atoms with van der Waals surface area (Å²) in [6.07, 6.45) is 0. The van der Waals surface area contributed by atoms with Crippen molar-refractivity contribution in [3.63, 3.8) is 0 Å². The fourth-order valence-corrected chi connectivity index (χ4v) is 3.97. The van der Waals surface area contributed by atoms with E-state index in [0.717, 1.165) is 16.7 Å². The van der Waals surface area contributed by atoms with Crippen molar-refractivity contribution in [1.29, 1.82) is 0 Å². The van der Waals surface area contributed by atoms with Gasteiger partial charge in [0, 0.05) is 16.1 Å². The predicted molar refractivity (Wildman–Crippen MR) is 138 cm³/mol. The number of rotatable bonds is 5. The van der Waals surface area contributed by atoms with Crippen molar-refractivity contribution in [2.45, 2.75) is 26.8 Å². The van der Waals surface area contributed by atoms with E-state index in [0.29, 0.717) is 21.6 Å². The number of aryl methyl sites for hydroxylation is 1. The number of benzene rings is 3. The fraction of sp³-hybridized carbons (Fsp3) is 0.148. The summed E-state index contributed by atoms with van der Waals surface area (Å²) in [6, 6.07) is 21.2. The van der Waals surface area contributed by atoms with Crippen LogP contribution in [0.3, 0.4) is 0 Å². The van der Waals surface area contributed by atoms with E-state index in [1.165, 1.54) is 4.68 Å². The summed E-state index contributed by atoms with van der Waals surface area (Å²) in [6.45, 7) is 5.66. The van der Waals surface area contributed by atoms with Crippen LogP contribution >= 0.6 is 11.6 Å². The number of nitrogens with one attached hydrogen (secondary N) is 3. The Kier molecular flexibility index (Phi) is 6.89. The molecule has 8 heteroatoms. The zero-order valence-corrected chi connectivity index (χ0v) is 20.3. The van der Waals surface area contributed by atoms with E-state index >= 15 is 0 Å². The van der Waals surface area contributed by atoms with Crippen LogP contribution in [-0.4, -0.2) is 22.4 Å². The number of aromatic nitrogens is 1. The molecule has 1 atom stereocenters. The van der Waals surface area contributed by atoms with Gasteiger partial charge in [-0.05, 0) is 67.8 Å². The number of carbonyl (C=O) groups is 3. The van der Waals surface area contributed by atoms with Crippen LogP contribution in [-0.2, 0) is 9.59 Å². The first-order valence-corrected chi connectivity index (χ1v) is 11.5. The third kappa shape index (κ3) is 5.20. The Bertz CT molecular complexity index is 1430. The minimum atomic E-state index is -0.902.